The molecule has 0 spiro atoms. The standard InChI is InChI=1S/C11H18N2/c1-8-5-3-4-6-10(8)11(13)9(2)7-12/h4,6-10,12-13H,3,5H2,1-2H3. The molecule has 1 rings (SSSR count). The molecule has 2 nitrogen and oxygen atoms in total. The lowest BCUT2D eigenvalue weighted by atomic mass is 9.79. The SMILES string of the molecule is CC(C=N)C(=N)C1C=CCCC1C. The van der Waals surface area contributed by atoms with E-state index in [0.717, 1.165) is 6.42 Å². The van der Waals surface area contributed by atoms with Crippen LogP contribution in [0.3, 0.4) is 0 Å². The van der Waals surface area contributed by atoms with Crippen molar-refractivity contribution in [1.29, 1.82) is 10.8 Å². The molecule has 2 heteroatoms. The summed E-state index contributed by atoms with van der Waals surface area (Å²) < 4.78 is 0. The Labute approximate surface area is 80.1 Å². The summed E-state index contributed by atoms with van der Waals surface area (Å²) in [6.07, 6.45) is 7.97. The van der Waals surface area contributed by atoms with Crippen molar-refractivity contribution in [2.24, 2.45) is 17.8 Å². The average Bonchev–Trinajstić information content (AvgIpc) is 2.16. The van der Waals surface area contributed by atoms with Crippen LogP contribution in [0, 0.1) is 28.6 Å². The topological polar surface area (TPSA) is 47.7 Å². The van der Waals surface area contributed by atoms with Crippen molar-refractivity contribution in [1.82, 2.24) is 0 Å². The molecule has 0 heterocycles. The fourth-order valence-electron chi connectivity index (χ4n) is 1.77. The van der Waals surface area contributed by atoms with E-state index < -0.39 is 0 Å². The van der Waals surface area contributed by atoms with Crippen molar-refractivity contribution in [3.8, 4) is 0 Å². The molecule has 0 radical (unpaired) electrons. The maximum absolute atomic E-state index is 7.92. The van der Waals surface area contributed by atoms with Gasteiger partial charge >= 0.3 is 0 Å². The lowest BCUT2D eigenvalue weighted by Gasteiger charge is -2.26. The third-order valence-corrected chi connectivity index (χ3v) is 2.84. The van der Waals surface area contributed by atoms with Crippen molar-refractivity contribution in [3.05, 3.63) is 12.2 Å². The van der Waals surface area contributed by atoms with Gasteiger partial charge in [0, 0.05) is 23.8 Å². The molecule has 3 unspecified atom stereocenters. The second-order valence-corrected chi connectivity index (χ2v) is 3.92. The summed E-state index contributed by atoms with van der Waals surface area (Å²) in [6, 6.07) is 0. The summed E-state index contributed by atoms with van der Waals surface area (Å²) in [5, 5.41) is 15.1. The molecule has 1 aliphatic carbocycles. The first-order chi connectivity index (χ1) is 6.16. The van der Waals surface area contributed by atoms with E-state index in [2.05, 4.69) is 19.1 Å². The Balaban J connectivity index is 2.69. The van der Waals surface area contributed by atoms with Gasteiger partial charge in [-0.05, 0) is 18.8 Å². The van der Waals surface area contributed by atoms with E-state index in [1.807, 2.05) is 6.92 Å². The highest BCUT2D eigenvalue weighted by Gasteiger charge is 2.23. The highest BCUT2D eigenvalue weighted by atomic mass is 14.5. The van der Waals surface area contributed by atoms with E-state index >= 15 is 0 Å². The minimum Gasteiger partial charge on any atom is -0.312 e. The lowest BCUT2D eigenvalue weighted by molar-refractivity contribution is 0.458. The Bertz CT molecular complexity index is 230. The summed E-state index contributed by atoms with van der Waals surface area (Å²) in [7, 11) is 0. The van der Waals surface area contributed by atoms with Crippen molar-refractivity contribution < 1.29 is 0 Å². The molecule has 1 aliphatic rings. The molecule has 0 aromatic heterocycles. The van der Waals surface area contributed by atoms with E-state index in [-0.39, 0.29) is 11.8 Å². The van der Waals surface area contributed by atoms with E-state index in [1.165, 1.54) is 12.6 Å². The molecular weight excluding hydrogens is 160 g/mol. The van der Waals surface area contributed by atoms with Gasteiger partial charge in [-0.1, -0.05) is 26.0 Å². The van der Waals surface area contributed by atoms with Crippen LogP contribution in [0.1, 0.15) is 26.7 Å². The average molecular weight is 178 g/mol. The van der Waals surface area contributed by atoms with Crippen LogP contribution in [0.5, 0.6) is 0 Å². The number of allylic oxidation sites excluding steroid dienone is 2. The highest BCUT2D eigenvalue weighted by molar-refractivity contribution is 5.98. The summed E-state index contributed by atoms with van der Waals surface area (Å²) >= 11 is 0. The Morgan fingerprint density at radius 2 is 2.31 bits per heavy atom. The van der Waals surface area contributed by atoms with Gasteiger partial charge in [0.1, 0.15) is 0 Å². The smallest absolute Gasteiger partial charge is 0.0291 e. The molecule has 3 atom stereocenters. The van der Waals surface area contributed by atoms with E-state index in [4.69, 9.17) is 10.8 Å². The molecule has 0 fully saturated rings. The monoisotopic (exact) mass is 178 g/mol. The van der Waals surface area contributed by atoms with Crippen LogP contribution in [0.4, 0.5) is 0 Å². The summed E-state index contributed by atoms with van der Waals surface area (Å²) in [5.74, 6) is 0.834. The van der Waals surface area contributed by atoms with Crippen LogP contribution in [-0.2, 0) is 0 Å². The van der Waals surface area contributed by atoms with Crippen LogP contribution >= 0.6 is 0 Å². The van der Waals surface area contributed by atoms with E-state index in [1.54, 1.807) is 0 Å². The number of hydrogen-bond acceptors (Lipinski definition) is 2. The molecule has 13 heavy (non-hydrogen) atoms. The Hall–Kier alpha value is -0.920. The van der Waals surface area contributed by atoms with Gasteiger partial charge in [0.2, 0.25) is 0 Å². The third kappa shape index (κ3) is 2.27. The summed E-state index contributed by atoms with van der Waals surface area (Å²) in [5.41, 5.74) is 0.693. The molecular formula is C11H18N2. The van der Waals surface area contributed by atoms with Gasteiger partial charge < -0.3 is 10.8 Å². The van der Waals surface area contributed by atoms with Gasteiger partial charge in [-0.15, -0.1) is 0 Å². The minimum atomic E-state index is -0.00444. The van der Waals surface area contributed by atoms with Crippen LogP contribution in [0.25, 0.3) is 0 Å². The summed E-state index contributed by atoms with van der Waals surface area (Å²) in [4.78, 5) is 0. The van der Waals surface area contributed by atoms with Gasteiger partial charge in [0.05, 0.1) is 0 Å². The Morgan fingerprint density at radius 1 is 1.62 bits per heavy atom. The van der Waals surface area contributed by atoms with Crippen LogP contribution < -0.4 is 0 Å². The minimum absolute atomic E-state index is 0.00444. The highest BCUT2D eigenvalue weighted by Crippen LogP contribution is 2.26. The zero-order valence-corrected chi connectivity index (χ0v) is 8.38. The van der Waals surface area contributed by atoms with Gasteiger partial charge in [0.15, 0.2) is 0 Å². The number of nitrogens with one attached hydrogen (secondary N) is 2. The van der Waals surface area contributed by atoms with Crippen LogP contribution in [0.2, 0.25) is 0 Å². The second kappa shape index (κ2) is 4.35. The first kappa shape index (κ1) is 10.2. The van der Waals surface area contributed by atoms with Crippen molar-refractivity contribution >= 4 is 11.9 Å². The predicted octanol–water partition coefficient (Wildman–Crippen LogP) is 2.89. The van der Waals surface area contributed by atoms with Gasteiger partial charge in [-0.3, -0.25) is 0 Å². The molecule has 0 aromatic rings. The first-order valence-electron chi connectivity index (χ1n) is 4.92. The van der Waals surface area contributed by atoms with Gasteiger partial charge in [0.25, 0.3) is 0 Å². The number of hydrogen-bond donors (Lipinski definition) is 2. The van der Waals surface area contributed by atoms with Gasteiger partial charge in [-0.25, -0.2) is 0 Å². The molecule has 0 aromatic carbocycles. The van der Waals surface area contributed by atoms with Crippen molar-refractivity contribution in [2.45, 2.75) is 26.7 Å². The summed E-state index contributed by atoms with van der Waals surface area (Å²) in [6.45, 7) is 4.11. The maximum atomic E-state index is 7.92. The van der Waals surface area contributed by atoms with E-state index in [0.29, 0.717) is 11.6 Å². The fraction of sp³-hybridized carbons (Fsp3) is 0.636. The van der Waals surface area contributed by atoms with Crippen LogP contribution in [-0.4, -0.2) is 11.9 Å². The first-order valence-corrected chi connectivity index (χ1v) is 4.92. The quantitative estimate of drug-likeness (QED) is 0.493. The molecule has 0 bridgehead atoms. The third-order valence-electron chi connectivity index (χ3n) is 2.84. The molecule has 72 valence electrons. The zero-order chi connectivity index (χ0) is 9.84. The lowest BCUT2D eigenvalue weighted by Crippen LogP contribution is -2.27. The Morgan fingerprint density at radius 3 is 2.85 bits per heavy atom. The largest absolute Gasteiger partial charge is 0.312 e. The maximum Gasteiger partial charge on any atom is 0.0291 e. The van der Waals surface area contributed by atoms with E-state index in [9.17, 15) is 0 Å². The molecule has 0 aliphatic heterocycles. The number of rotatable bonds is 3. The normalized spacial score (nSPS) is 29.7. The molecule has 0 saturated heterocycles. The zero-order valence-electron chi connectivity index (χ0n) is 8.38. The van der Waals surface area contributed by atoms with Crippen molar-refractivity contribution in [3.63, 3.8) is 0 Å². The molecule has 0 amide bonds. The van der Waals surface area contributed by atoms with Crippen LogP contribution in [0.15, 0.2) is 12.2 Å². The Kier molecular flexibility index (Phi) is 3.40. The molecule has 0 saturated carbocycles. The second-order valence-electron chi connectivity index (χ2n) is 3.92. The predicted molar refractivity (Wildman–Crippen MR) is 56.7 cm³/mol. The fourth-order valence-corrected chi connectivity index (χ4v) is 1.77. The van der Waals surface area contributed by atoms with Crippen molar-refractivity contribution in [2.75, 3.05) is 0 Å². The molecule has 2 N–H and O–H groups in total. The van der Waals surface area contributed by atoms with Gasteiger partial charge in [-0.2, -0.15) is 0 Å².